The predicted octanol–water partition coefficient (Wildman–Crippen LogP) is 5.76. The molecule has 0 radical (unpaired) electrons. The van der Waals surface area contributed by atoms with Gasteiger partial charge in [0.1, 0.15) is 12.4 Å². The summed E-state index contributed by atoms with van der Waals surface area (Å²) in [6.07, 6.45) is 1.82. The number of fused-ring (bicyclic) bond motifs is 1. The molecule has 1 aromatic heterocycles. The number of rotatable bonds is 7. The Hall–Kier alpha value is -2.44. The van der Waals surface area contributed by atoms with Crippen LogP contribution in [0.2, 0.25) is 18.1 Å². The highest BCUT2D eigenvalue weighted by atomic mass is 28.4. The molecule has 30 heavy (non-hydrogen) atoms. The van der Waals surface area contributed by atoms with Crippen molar-refractivity contribution in [1.82, 2.24) is 9.97 Å². The first-order valence-corrected chi connectivity index (χ1v) is 13.3. The van der Waals surface area contributed by atoms with Crippen molar-refractivity contribution in [2.24, 2.45) is 0 Å². The molecule has 5 nitrogen and oxygen atoms in total. The molecule has 3 aromatic rings. The molecule has 0 saturated carbocycles. The maximum atomic E-state index is 6.17. The smallest absolute Gasteiger partial charge is 0.192 e. The highest BCUT2D eigenvalue weighted by molar-refractivity contribution is 6.74. The molecule has 0 bridgehead atoms. The van der Waals surface area contributed by atoms with Gasteiger partial charge < -0.3 is 14.1 Å². The van der Waals surface area contributed by atoms with Gasteiger partial charge in [0.2, 0.25) is 0 Å². The van der Waals surface area contributed by atoms with Crippen LogP contribution in [-0.4, -0.2) is 45.6 Å². The van der Waals surface area contributed by atoms with Crippen molar-refractivity contribution in [2.45, 2.75) is 38.9 Å². The summed E-state index contributed by atoms with van der Waals surface area (Å²) in [6, 6.07) is 14.2. The first kappa shape index (κ1) is 22.2. The van der Waals surface area contributed by atoms with Crippen LogP contribution in [0.25, 0.3) is 22.3 Å². The molecule has 0 fully saturated rings. The van der Waals surface area contributed by atoms with Crippen molar-refractivity contribution >= 4 is 25.0 Å². The first-order valence-electron chi connectivity index (χ1n) is 10.4. The summed E-state index contributed by atoms with van der Waals surface area (Å²) in [5.74, 6) is 0.790. The second-order valence-electron chi connectivity index (χ2n) is 9.30. The van der Waals surface area contributed by atoms with Crippen molar-refractivity contribution < 1.29 is 9.16 Å². The fourth-order valence-electron chi connectivity index (χ4n) is 2.82. The van der Waals surface area contributed by atoms with Crippen LogP contribution in [0, 0.1) is 0 Å². The second-order valence-corrected chi connectivity index (χ2v) is 14.1. The Morgan fingerprint density at radius 3 is 2.27 bits per heavy atom. The zero-order valence-electron chi connectivity index (χ0n) is 19.2. The second kappa shape index (κ2) is 8.74. The van der Waals surface area contributed by atoms with Gasteiger partial charge in [-0.25, -0.2) is 4.98 Å². The van der Waals surface area contributed by atoms with Gasteiger partial charge in [0.05, 0.1) is 29.5 Å². The Morgan fingerprint density at radius 1 is 0.933 bits per heavy atom. The van der Waals surface area contributed by atoms with Crippen molar-refractivity contribution in [3.63, 3.8) is 0 Å². The SMILES string of the molecule is CN(C)c1ccc(-c2cnc3cc(OCCO[Si](C)(C)C(C)(C)C)ccc3n2)cc1. The molecular weight excluding hydrogens is 390 g/mol. The van der Waals surface area contributed by atoms with Gasteiger partial charge in [-0.2, -0.15) is 0 Å². The zero-order chi connectivity index (χ0) is 21.9. The molecule has 1 heterocycles. The fourth-order valence-corrected chi connectivity index (χ4v) is 3.85. The lowest BCUT2D eigenvalue weighted by molar-refractivity contribution is 0.203. The summed E-state index contributed by atoms with van der Waals surface area (Å²) < 4.78 is 12.1. The average molecular weight is 424 g/mol. The topological polar surface area (TPSA) is 47.5 Å². The first-order chi connectivity index (χ1) is 14.1. The van der Waals surface area contributed by atoms with E-state index in [1.54, 1.807) is 0 Å². The molecule has 160 valence electrons. The van der Waals surface area contributed by atoms with Gasteiger partial charge in [0.25, 0.3) is 0 Å². The van der Waals surface area contributed by atoms with Crippen molar-refractivity contribution in [1.29, 1.82) is 0 Å². The Kier molecular flexibility index (Phi) is 6.48. The van der Waals surface area contributed by atoms with Crippen LogP contribution < -0.4 is 9.64 Å². The molecule has 0 spiro atoms. The van der Waals surface area contributed by atoms with E-state index >= 15 is 0 Å². The van der Waals surface area contributed by atoms with E-state index in [1.807, 2.05) is 38.5 Å². The number of anilines is 1. The van der Waals surface area contributed by atoms with Crippen LogP contribution >= 0.6 is 0 Å². The van der Waals surface area contributed by atoms with Crippen LogP contribution in [0.3, 0.4) is 0 Å². The summed E-state index contributed by atoms with van der Waals surface area (Å²) in [5.41, 5.74) is 4.76. The molecule has 0 unspecified atom stereocenters. The van der Waals surface area contributed by atoms with Gasteiger partial charge in [-0.05, 0) is 42.4 Å². The molecule has 2 aromatic carbocycles. The zero-order valence-corrected chi connectivity index (χ0v) is 20.2. The maximum Gasteiger partial charge on any atom is 0.192 e. The summed E-state index contributed by atoms with van der Waals surface area (Å²) in [6.45, 7) is 12.4. The van der Waals surface area contributed by atoms with Crippen LogP contribution in [0.5, 0.6) is 5.75 Å². The summed E-state index contributed by atoms with van der Waals surface area (Å²) in [5, 5.41) is 0.204. The average Bonchev–Trinajstić information content (AvgIpc) is 2.70. The lowest BCUT2D eigenvalue weighted by Gasteiger charge is -2.36. The lowest BCUT2D eigenvalue weighted by Crippen LogP contribution is -2.41. The molecule has 0 aliphatic rings. The van der Waals surface area contributed by atoms with Crippen LogP contribution in [0.15, 0.2) is 48.7 Å². The van der Waals surface area contributed by atoms with Gasteiger partial charge in [-0.3, -0.25) is 4.98 Å². The van der Waals surface area contributed by atoms with Crippen molar-refractivity contribution in [3.05, 3.63) is 48.7 Å². The van der Waals surface area contributed by atoms with Gasteiger partial charge >= 0.3 is 0 Å². The van der Waals surface area contributed by atoms with E-state index in [1.165, 1.54) is 0 Å². The number of benzene rings is 2. The minimum absolute atomic E-state index is 0.204. The third kappa shape index (κ3) is 5.18. The van der Waals surface area contributed by atoms with Crippen molar-refractivity contribution in [3.8, 4) is 17.0 Å². The fraction of sp³-hybridized carbons (Fsp3) is 0.417. The summed E-state index contributed by atoms with van der Waals surface area (Å²) >= 11 is 0. The van der Waals surface area contributed by atoms with E-state index in [0.717, 1.165) is 33.7 Å². The highest BCUT2D eigenvalue weighted by Gasteiger charge is 2.36. The number of ether oxygens (including phenoxy) is 1. The molecule has 0 atom stereocenters. The van der Waals surface area contributed by atoms with Crippen LogP contribution in [-0.2, 0) is 4.43 Å². The minimum Gasteiger partial charge on any atom is -0.491 e. The molecule has 0 amide bonds. The number of hydrogen-bond donors (Lipinski definition) is 0. The maximum absolute atomic E-state index is 6.17. The Labute approximate surface area is 181 Å². The standard InChI is InChI=1S/C24H33N3O2Si/c1-24(2,3)30(6,7)29-15-14-28-20-12-13-21-22(16-20)25-17-23(26-21)18-8-10-19(11-9-18)27(4)5/h8-13,16-17H,14-15H2,1-7H3. The molecule has 0 saturated heterocycles. The van der Waals surface area contributed by atoms with Crippen molar-refractivity contribution in [2.75, 3.05) is 32.2 Å². The molecule has 0 aliphatic heterocycles. The van der Waals surface area contributed by atoms with E-state index < -0.39 is 8.32 Å². The molecule has 0 aliphatic carbocycles. The number of hydrogen-bond acceptors (Lipinski definition) is 5. The molecule has 6 heteroatoms. The Balaban J connectivity index is 1.65. The van der Waals surface area contributed by atoms with E-state index in [2.05, 4.69) is 68.0 Å². The highest BCUT2D eigenvalue weighted by Crippen LogP contribution is 2.36. The Bertz CT molecular complexity index is 995. The molecular formula is C24H33N3O2Si. The van der Waals surface area contributed by atoms with E-state index in [-0.39, 0.29) is 5.04 Å². The van der Waals surface area contributed by atoms with Gasteiger partial charge in [0, 0.05) is 31.4 Å². The largest absolute Gasteiger partial charge is 0.491 e. The minimum atomic E-state index is -1.74. The lowest BCUT2D eigenvalue weighted by atomic mass is 10.1. The molecule has 3 rings (SSSR count). The molecule has 0 N–H and O–H groups in total. The summed E-state index contributed by atoms with van der Waals surface area (Å²) in [7, 11) is 2.32. The summed E-state index contributed by atoms with van der Waals surface area (Å²) in [4.78, 5) is 11.4. The van der Waals surface area contributed by atoms with Gasteiger partial charge in [0.15, 0.2) is 8.32 Å². The monoisotopic (exact) mass is 423 g/mol. The van der Waals surface area contributed by atoms with Crippen LogP contribution in [0.1, 0.15) is 20.8 Å². The Morgan fingerprint density at radius 2 is 1.63 bits per heavy atom. The normalized spacial score (nSPS) is 12.2. The number of nitrogens with zero attached hydrogens (tertiary/aromatic N) is 3. The quantitative estimate of drug-likeness (QED) is 0.357. The van der Waals surface area contributed by atoms with E-state index in [4.69, 9.17) is 14.1 Å². The van der Waals surface area contributed by atoms with E-state index in [0.29, 0.717) is 13.2 Å². The van der Waals surface area contributed by atoms with Gasteiger partial charge in [-0.1, -0.05) is 32.9 Å². The van der Waals surface area contributed by atoms with E-state index in [9.17, 15) is 0 Å². The van der Waals surface area contributed by atoms with Crippen LogP contribution in [0.4, 0.5) is 5.69 Å². The number of aromatic nitrogens is 2. The predicted molar refractivity (Wildman–Crippen MR) is 128 cm³/mol. The third-order valence-electron chi connectivity index (χ3n) is 5.81. The van der Waals surface area contributed by atoms with Gasteiger partial charge in [-0.15, -0.1) is 0 Å². The third-order valence-corrected chi connectivity index (χ3v) is 10.4.